The minimum Gasteiger partial charge on any atom is -0.385 e. The monoisotopic (exact) mass is 445 g/mol. The van der Waals surface area contributed by atoms with Gasteiger partial charge in [0.1, 0.15) is 6.73 Å². The summed E-state index contributed by atoms with van der Waals surface area (Å²) in [6.45, 7) is 11.1. The van der Waals surface area contributed by atoms with E-state index in [4.69, 9.17) is 9.57 Å². The summed E-state index contributed by atoms with van der Waals surface area (Å²) in [6, 6.07) is 10.1. The molecule has 1 saturated heterocycles. The van der Waals surface area contributed by atoms with Crippen molar-refractivity contribution < 1.29 is 19.5 Å². The Bertz CT molecular complexity index is 840. The van der Waals surface area contributed by atoms with Crippen molar-refractivity contribution >= 4 is 14.0 Å². The summed E-state index contributed by atoms with van der Waals surface area (Å²) in [4.78, 5) is 17.8. The number of benzene rings is 1. The molecule has 0 radical (unpaired) electrons. The highest BCUT2D eigenvalue weighted by molar-refractivity contribution is 6.76. The van der Waals surface area contributed by atoms with Crippen LogP contribution < -0.4 is 0 Å². The number of carbonyl (C=O) groups is 1. The summed E-state index contributed by atoms with van der Waals surface area (Å²) in [5.74, 6) is -0.286. The number of aromatic nitrogens is 2. The van der Waals surface area contributed by atoms with Gasteiger partial charge in [-0.05, 0) is 43.9 Å². The molecule has 2 aromatic rings. The number of hydrogen-bond donors (Lipinski definition) is 1. The molecular weight excluding hydrogens is 410 g/mol. The molecule has 0 spiro atoms. The van der Waals surface area contributed by atoms with Crippen LogP contribution in [-0.2, 0) is 21.9 Å². The van der Waals surface area contributed by atoms with Gasteiger partial charge >= 0.3 is 5.97 Å². The molecule has 1 N–H and O–H groups in total. The molecule has 8 heteroatoms. The molecule has 3 rings (SSSR count). The Balaban J connectivity index is 1.48. The Morgan fingerprint density at radius 2 is 1.90 bits per heavy atom. The fourth-order valence-corrected chi connectivity index (χ4v) is 4.48. The molecule has 0 saturated carbocycles. The largest absolute Gasteiger partial charge is 0.385 e. The molecule has 170 valence electrons. The molecule has 31 heavy (non-hydrogen) atoms. The third-order valence-electron chi connectivity index (χ3n) is 5.91. The van der Waals surface area contributed by atoms with E-state index in [1.165, 1.54) is 0 Å². The van der Waals surface area contributed by atoms with Gasteiger partial charge in [0.05, 0.1) is 17.4 Å². The highest BCUT2D eigenvalue weighted by Crippen LogP contribution is 2.36. The lowest BCUT2D eigenvalue weighted by Crippen LogP contribution is -2.42. The fourth-order valence-electron chi connectivity index (χ4n) is 3.72. The van der Waals surface area contributed by atoms with Gasteiger partial charge in [0.15, 0.2) is 0 Å². The van der Waals surface area contributed by atoms with Gasteiger partial charge in [0.25, 0.3) is 0 Å². The molecule has 0 aliphatic carbocycles. The van der Waals surface area contributed by atoms with E-state index in [-0.39, 0.29) is 11.9 Å². The number of rotatable bonds is 9. The van der Waals surface area contributed by atoms with E-state index >= 15 is 0 Å². The summed E-state index contributed by atoms with van der Waals surface area (Å²) in [5.41, 5.74) is 0.337. The normalized spacial score (nSPS) is 18.0. The second kappa shape index (κ2) is 10.1. The zero-order valence-electron chi connectivity index (χ0n) is 19.1. The summed E-state index contributed by atoms with van der Waals surface area (Å²) in [6.07, 6.45) is 5.06. The maximum Gasteiger partial charge on any atom is 0.357 e. The molecule has 0 bridgehead atoms. The van der Waals surface area contributed by atoms with Crippen LogP contribution in [-0.4, -0.2) is 53.7 Å². The van der Waals surface area contributed by atoms with Crippen molar-refractivity contribution in [2.45, 2.75) is 57.8 Å². The minimum atomic E-state index is -1.11. The first-order valence-corrected chi connectivity index (χ1v) is 14.7. The Labute approximate surface area is 185 Å². The predicted octanol–water partition coefficient (Wildman–Crippen LogP) is 3.89. The average Bonchev–Trinajstić information content (AvgIpc) is 3.21. The van der Waals surface area contributed by atoms with Crippen LogP contribution in [0.4, 0.5) is 0 Å². The summed E-state index contributed by atoms with van der Waals surface area (Å²) < 4.78 is 7.49. The molecule has 1 atom stereocenters. The topological polar surface area (TPSA) is 76.8 Å². The van der Waals surface area contributed by atoms with Crippen LogP contribution in [0.2, 0.25) is 25.7 Å². The molecule has 1 aromatic heterocycles. The fraction of sp³-hybridized carbons (Fsp3) is 0.565. The van der Waals surface area contributed by atoms with Gasteiger partial charge < -0.3 is 14.7 Å². The van der Waals surface area contributed by atoms with Crippen molar-refractivity contribution in [1.82, 2.24) is 14.8 Å². The van der Waals surface area contributed by atoms with Crippen molar-refractivity contribution in [1.29, 1.82) is 0 Å². The minimum absolute atomic E-state index is 0.0598. The van der Waals surface area contributed by atoms with Crippen molar-refractivity contribution in [2.75, 3.05) is 19.7 Å². The lowest BCUT2D eigenvalue weighted by molar-refractivity contribution is -0.143. The first kappa shape index (κ1) is 23.7. The summed E-state index contributed by atoms with van der Waals surface area (Å²) in [5, 5.41) is 17.3. The van der Waals surface area contributed by atoms with Gasteiger partial charge in [-0.1, -0.05) is 37.8 Å². The zero-order valence-corrected chi connectivity index (χ0v) is 20.1. The molecular formula is C23H35N3O4Si. The Morgan fingerprint density at radius 3 is 2.55 bits per heavy atom. The molecule has 1 aliphatic rings. The van der Waals surface area contributed by atoms with Crippen molar-refractivity contribution in [3.05, 3.63) is 53.9 Å². The standard InChI is InChI=1S/C23H35N3O4Si/c1-23(28,21-16-24-25(17-21)18-29-14-15-31(2,3)4)20-10-12-26(13-11-20)30-22(27)19-8-6-5-7-9-19/h5-9,16-17,20,28H,10-15,18H2,1-4H3. The SMILES string of the molecule is CC(O)(c1cnn(COCC[Si](C)(C)C)c1)C1CCN(OC(=O)c2ccccc2)CC1. The lowest BCUT2D eigenvalue weighted by atomic mass is 9.79. The van der Waals surface area contributed by atoms with E-state index in [1.54, 1.807) is 28.1 Å². The van der Waals surface area contributed by atoms with Gasteiger partial charge in [-0.25, -0.2) is 9.48 Å². The highest BCUT2D eigenvalue weighted by atomic mass is 28.3. The van der Waals surface area contributed by atoms with E-state index < -0.39 is 13.7 Å². The lowest BCUT2D eigenvalue weighted by Gasteiger charge is -2.38. The number of carbonyl (C=O) groups excluding carboxylic acids is 1. The van der Waals surface area contributed by atoms with E-state index in [1.807, 2.05) is 31.3 Å². The van der Waals surface area contributed by atoms with Crippen LogP contribution >= 0.6 is 0 Å². The molecule has 1 fully saturated rings. The van der Waals surface area contributed by atoms with Crippen molar-refractivity contribution in [3.8, 4) is 0 Å². The second-order valence-corrected chi connectivity index (χ2v) is 15.3. The first-order valence-electron chi connectivity index (χ1n) is 11.0. The zero-order chi connectivity index (χ0) is 22.5. The van der Waals surface area contributed by atoms with Gasteiger partial charge in [-0.15, -0.1) is 5.06 Å². The third kappa shape index (κ3) is 6.74. The molecule has 7 nitrogen and oxygen atoms in total. The van der Waals surface area contributed by atoms with Crippen LogP contribution in [0.25, 0.3) is 0 Å². The molecule has 1 aromatic carbocycles. The number of ether oxygens (including phenoxy) is 1. The maximum absolute atomic E-state index is 12.2. The smallest absolute Gasteiger partial charge is 0.357 e. The first-order chi connectivity index (χ1) is 14.6. The van der Waals surface area contributed by atoms with E-state index in [0.29, 0.717) is 25.4 Å². The quantitative estimate of drug-likeness (QED) is 0.466. The van der Waals surface area contributed by atoms with Gasteiger partial charge in [0.2, 0.25) is 0 Å². The number of piperidine rings is 1. The molecule has 0 amide bonds. The van der Waals surface area contributed by atoms with Crippen molar-refractivity contribution in [2.24, 2.45) is 5.92 Å². The van der Waals surface area contributed by atoms with Gasteiger partial charge in [0, 0.05) is 39.5 Å². The van der Waals surface area contributed by atoms with Crippen molar-refractivity contribution in [3.63, 3.8) is 0 Å². The van der Waals surface area contributed by atoms with Crippen LogP contribution in [0.1, 0.15) is 35.7 Å². The van der Waals surface area contributed by atoms with Crippen LogP contribution in [0.5, 0.6) is 0 Å². The molecule has 1 aliphatic heterocycles. The van der Waals surface area contributed by atoms with Crippen LogP contribution in [0.3, 0.4) is 0 Å². The Morgan fingerprint density at radius 1 is 1.23 bits per heavy atom. The number of hydrogen-bond acceptors (Lipinski definition) is 6. The summed E-state index contributed by atoms with van der Waals surface area (Å²) >= 11 is 0. The van der Waals surface area contributed by atoms with E-state index in [0.717, 1.165) is 31.1 Å². The van der Waals surface area contributed by atoms with E-state index in [2.05, 4.69) is 24.7 Å². The number of aliphatic hydroxyl groups is 1. The van der Waals surface area contributed by atoms with Crippen LogP contribution in [0.15, 0.2) is 42.7 Å². The maximum atomic E-state index is 12.2. The Kier molecular flexibility index (Phi) is 7.69. The van der Waals surface area contributed by atoms with Gasteiger partial charge in [-0.2, -0.15) is 5.10 Å². The third-order valence-corrected chi connectivity index (χ3v) is 7.61. The average molecular weight is 446 g/mol. The molecule has 2 heterocycles. The summed E-state index contributed by atoms with van der Waals surface area (Å²) in [7, 11) is -1.11. The highest BCUT2D eigenvalue weighted by Gasteiger charge is 2.37. The van der Waals surface area contributed by atoms with Crippen LogP contribution in [0, 0.1) is 5.92 Å². The molecule has 1 unspecified atom stereocenters. The number of hydroxylamine groups is 2. The second-order valence-electron chi connectivity index (χ2n) is 9.71. The van der Waals surface area contributed by atoms with E-state index in [9.17, 15) is 9.90 Å². The van der Waals surface area contributed by atoms with Gasteiger partial charge in [-0.3, -0.25) is 0 Å². The predicted molar refractivity (Wildman–Crippen MR) is 122 cm³/mol. The Hall–Kier alpha value is -2.00. The number of nitrogens with zero attached hydrogens (tertiary/aromatic N) is 3.